The Morgan fingerprint density at radius 3 is 2.89 bits per heavy atom. The number of hydrazine groups is 2. The number of hydrogen-bond donors (Lipinski definition) is 4. The van der Waals surface area contributed by atoms with Crippen molar-refractivity contribution in [3.05, 3.63) is 45.9 Å². The van der Waals surface area contributed by atoms with Crippen LogP contribution in [0.25, 0.3) is 11.0 Å². The van der Waals surface area contributed by atoms with Gasteiger partial charge < -0.3 is 10.2 Å². The maximum Gasteiger partial charge on any atom is 0.228 e. The van der Waals surface area contributed by atoms with E-state index in [1.807, 2.05) is 6.07 Å². The van der Waals surface area contributed by atoms with Crippen molar-refractivity contribution in [1.29, 1.82) is 0 Å². The van der Waals surface area contributed by atoms with Gasteiger partial charge in [-0.2, -0.15) is 4.99 Å². The Labute approximate surface area is 155 Å². The summed E-state index contributed by atoms with van der Waals surface area (Å²) in [5.74, 6) is 1.06. The first-order valence-corrected chi connectivity index (χ1v) is 8.85. The molecule has 2 aromatic heterocycles. The number of nitrogens with zero attached hydrogens (tertiary/aromatic N) is 3. The number of aliphatic imine (C=N–C) groups is 1. The Bertz CT molecular complexity index is 1030. The highest BCUT2D eigenvalue weighted by molar-refractivity contribution is 6.22. The second kappa shape index (κ2) is 6.84. The number of hydrogen-bond acceptors (Lipinski definition) is 8. The zero-order valence-corrected chi connectivity index (χ0v) is 15.0. The van der Waals surface area contributed by atoms with E-state index in [9.17, 15) is 4.79 Å². The lowest BCUT2D eigenvalue weighted by atomic mass is 10.0. The number of aromatic nitrogens is 1. The third-order valence-corrected chi connectivity index (χ3v) is 5.00. The molecule has 9 nitrogen and oxygen atoms in total. The molecule has 0 radical (unpaired) electrons. The average Bonchev–Trinajstić information content (AvgIpc) is 3.38. The second-order valence-electron chi connectivity index (χ2n) is 6.75. The minimum Gasteiger partial charge on any atom is -0.436 e. The van der Waals surface area contributed by atoms with E-state index in [-0.39, 0.29) is 17.1 Å². The highest BCUT2D eigenvalue weighted by atomic mass is 16.3. The maximum atomic E-state index is 12.8. The zero-order chi connectivity index (χ0) is 19.0. The monoisotopic (exact) mass is 367 g/mol. The fourth-order valence-corrected chi connectivity index (χ4v) is 3.39. The Kier molecular flexibility index (Phi) is 4.36. The van der Waals surface area contributed by atoms with E-state index >= 15 is 0 Å². The quantitative estimate of drug-likeness (QED) is 0.477. The molecule has 0 amide bonds. The van der Waals surface area contributed by atoms with E-state index in [0.717, 1.165) is 18.5 Å². The normalized spacial score (nSPS) is 17.7. The SMILES string of the molecule is C=C(C(N)=Nc1oc2cnc(C3CCCC3)cc2c(=O)c1C)C1=NNNN1. The van der Waals surface area contributed by atoms with E-state index in [1.54, 1.807) is 13.1 Å². The van der Waals surface area contributed by atoms with Crippen LogP contribution in [0, 0.1) is 6.92 Å². The first kappa shape index (κ1) is 17.2. The highest BCUT2D eigenvalue weighted by Crippen LogP contribution is 2.34. The summed E-state index contributed by atoms with van der Waals surface area (Å²) in [7, 11) is 0. The number of hydrazone groups is 1. The van der Waals surface area contributed by atoms with Crippen LogP contribution in [-0.4, -0.2) is 16.7 Å². The van der Waals surface area contributed by atoms with E-state index in [0.29, 0.717) is 33.9 Å². The van der Waals surface area contributed by atoms with Gasteiger partial charge >= 0.3 is 0 Å². The van der Waals surface area contributed by atoms with Gasteiger partial charge in [-0.15, -0.1) is 10.6 Å². The van der Waals surface area contributed by atoms with Crippen molar-refractivity contribution in [3.8, 4) is 0 Å². The summed E-state index contributed by atoms with van der Waals surface area (Å²) < 4.78 is 5.81. The third kappa shape index (κ3) is 3.17. The molecule has 9 heteroatoms. The average molecular weight is 367 g/mol. The first-order chi connectivity index (χ1) is 13.0. The van der Waals surface area contributed by atoms with Crippen molar-refractivity contribution >= 4 is 28.5 Å². The van der Waals surface area contributed by atoms with Gasteiger partial charge in [0.05, 0.1) is 22.7 Å². The lowest BCUT2D eigenvalue weighted by Crippen LogP contribution is -2.37. The van der Waals surface area contributed by atoms with Gasteiger partial charge in [0.1, 0.15) is 5.84 Å². The van der Waals surface area contributed by atoms with Gasteiger partial charge in [0.15, 0.2) is 16.8 Å². The van der Waals surface area contributed by atoms with Crippen LogP contribution in [0.5, 0.6) is 0 Å². The molecule has 0 spiro atoms. The number of rotatable bonds is 4. The molecule has 0 atom stereocenters. The summed E-state index contributed by atoms with van der Waals surface area (Å²) in [6, 6.07) is 1.86. The summed E-state index contributed by atoms with van der Waals surface area (Å²) in [6.45, 7) is 5.51. The molecule has 140 valence electrons. The Morgan fingerprint density at radius 1 is 1.41 bits per heavy atom. The van der Waals surface area contributed by atoms with Crippen LogP contribution >= 0.6 is 0 Å². The zero-order valence-electron chi connectivity index (χ0n) is 15.0. The second-order valence-corrected chi connectivity index (χ2v) is 6.75. The molecule has 0 unspecified atom stereocenters. The summed E-state index contributed by atoms with van der Waals surface area (Å²) in [6.07, 6.45) is 6.25. The fraction of sp³-hybridized carbons (Fsp3) is 0.333. The molecule has 4 rings (SSSR count). The van der Waals surface area contributed by atoms with Crippen molar-refractivity contribution in [3.63, 3.8) is 0 Å². The molecule has 0 saturated heterocycles. The number of fused-ring (bicyclic) bond motifs is 1. The first-order valence-electron chi connectivity index (χ1n) is 8.85. The van der Waals surface area contributed by atoms with E-state index in [4.69, 9.17) is 10.2 Å². The molecule has 1 aliphatic carbocycles. The molecule has 0 bridgehead atoms. The van der Waals surface area contributed by atoms with Crippen LogP contribution in [0.15, 0.2) is 43.7 Å². The van der Waals surface area contributed by atoms with Gasteiger partial charge in [-0.3, -0.25) is 15.2 Å². The molecule has 27 heavy (non-hydrogen) atoms. The molecule has 3 heterocycles. The Hall–Kier alpha value is -3.20. The molecular weight excluding hydrogens is 346 g/mol. The van der Waals surface area contributed by atoms with Crippen molar-refractivity contribution in [2.24, 2.45) is 15.8 Å². The van der Waals surface area contributed by atoms with E-state index < -0.39 is 0 Å². The predicted molar refractivity (Wildman–Crippen MR) is 103 cm³/mol. The number of amidine groups is 2. The molecule has 2 aromatic rings. The van der Waals surface area contributed by atoms with Crippen molar-refractivity contribution in [2.75, 3.05) is 0 Å². The number of nitrogens with one attached hydrogen (secondary N) is 3. The fourth-order valence-electron chi connectivity index (χ4n) is 3.39. The van der Waals surface area contributed by atoms with Crippen LogP contribution < -0.4 is 27.7 Å². The Morgan fingerprint density at radius 2 is 2.19 bits per heavy atom. The number of pyridine rings is 1. The lowest BCUT2D eigenvalue weighted by Gasteiger charge is -2.10. The van der Waals surface area contributed by atoms with Crippen LogP contribution in [0.3, 0.4) is 0 Å². The van der Waals surface area contributed by atoms with Gasteiger partial charge in [0, 0.05) is 11.6 Å². The lowest BCUT2D eigenvalue weighted by molar-refractivity contribution is 0.577. The van der Waals surface area contributed by atoms with Crippen LogP contribution in [0.2, 0.25) is 0 Å². The topological polar surface area (TPSA) is 130 Å². The minimum atomic E-state index is -0.130. The maximum absolute atomic E-state index is 12.8. The van der Waals surface area contributed by atoms with Crippen LogP contribution in [0.1, 0.15) is 42.9 Å². The molecule has 5 N–H and O–H groups in total. The summed E-state index contributed by atoms with van der Waals surface area (Å²) in [4.78, 5) is 21.6. The number of nitrogens with two attached hydrogens (primary N) is 1. The van der Waals surface area contributed by atoms with Crippen molar-refractivity contribution in [2.45, 2.75) is 38.5 Å². The molecule has 2 aliphatic rings. The van der Waals surface area contributed by atoms with Gasteiger partial charge in [-0.05, 0) is 25.8 Å². The van der Waals surface area contributed by atoms with Crippen LogP contribution in [0.4, 0.5) is 5.88 Å². The smallest absolute Gasteiger partial charge is 0.228 e. The largest absolute Gasteiger partial charge is 0.436 e. The Balaban J connectivity index is 1.73. The van der Waals surface area contributed by atoms with Crippen LogP contribution in [-0.2, 0) is 0 Å². The van der Waals surface area contributed by atoms with E-state index in [2.05, 4.69) is 38.2 Å². The standard InChI is InChI=1S/C18H21N7O2/c1-9-15(26)12-7-13(11-5-3-4-6-11)20-8-14(12)27-18(9)21-16(19)10(2)17-22-24-25-23-17/h7-8,11,24-25H,2-6H2,1H3,(H2,19,21)(H,22,23). The van der Waals surface area contributed by atoms with Gasteiger partial charge in [0.25, 0.3) is 0 Å². The molecular formula is C18H21N7O2. The minimum absolute atomic E-state index is 0.0906. The van der Waals surface area contributed by atoms with Crippen molar-refractivity contribution in [1.82, 2.24) is 21.5 Å². The van der Waals surface area contributed by atoms with Gasteiger partial charge in [-0.25, -0.2) is 5.53 Å². The molecule has 0 aromatic carbocycles. The van der Waals surface area contributed by atoms with Gasteiger partial charge in [-0.1, -0.05) is 19.4 Å². The van der Waals surface area contributed by atoms with Gasteiger partial charge in [0.2, 0.25) is 5.88 Å². The highest BCUT2D eigenvalue weighted by Gasteiger charge is 2.20. The molecule has 1 saturated carbocycles. The molecule has 1 aliphatic heterocycles. The molecule has 1 fully saturated rings. The summed E-state index contributed by atoms with van der Waals surface area (Å²) >= 11 is 0. The van der Waals surface area contributed by atoms with Crippen molar-refractivity contribution < 1.29 is 4.42 Å². The third-order valence-electron chi connectivity index (χ3n) is 5.00. The summed E-state index contributed by atoms with van der Waals surface area (Å²) in [5.41, 5.74) is 15.8. The van der Waals surface area contributed by atoms with E-state index in [1.165, 1.54) is 12.8 Å². The predicted octanol–water partition coefficient (Wildman–Crippen LogP) is 1.62. The summed E-state index contributed by atoms with van der Waals surface area (Å²) in [5, 5.41) is 4.44.